The van der Waals surface area contributed by atoms with Gasteiger partial charge in [-0.05, 0) is 43.7 Å². The number of thiophene rings is 1. The molecule has 0 aliphatic heterocycles. The molecule has 0 atom stereocenters. The summed E-state index contributed by atoms with van der Waals surface area (Å²) in [6.07, 6.45) is 6.42. The van der Waals surface area contributed by atoms with Crippen LogP contribution < -0.4 is 10.9 Å². The first-order valence-corrected chi connectivity index (χ1v) is 9.03. The van der Waals surface area contributed by atoms with Crippen molar-refractivity contribution in [1.82, 2.24) is 4.57 Å². The van der Waals surface area contributed by atoms with E-state index >= 15 is 0 Å². The van der Waals surface area contributed by atoms with Gasteiger partial charge in [0.15, 0.2) is 5.78 Å². The monoisotopic (exact) mass is 342 g/mol. The van der Waals surface area contributed by atoms with E-state index in [1.54, 1.807) is 7.05 Å². The van der Waals surface area contributed by atoms with Crippen LogP contribution in [0.15, 0.2) is 23.1 Å². The number of nitrogens with one attached hydrogen (secondary N) is 1. The molecule has 24 heavy (non-hydrogen) atoms. The molecule has 0 aromatic carbocycles. The molecule has 2 aromatic rings. The number of ketones is 1. The van der Waals surface area contributed by atoms with Gasteiger partial charge in [-0.15, -0.1) is 11.3 Å². The molecule has 0 spiro atoms. The molecule has 0 saturated heterocycles. The van der Waals surface area contributed by atoms with Gasteiger partial charge in [0.1, 0.15) is 5.00 Å². The largest absolute Gasteiger partial charge is 0.318 e. The molecule has 0 bridgehead atoms. The predicted octanol–water partition coefficient (Wildman–Crippen LogP) is 2.78. The summed E-state index contributed by atoms with van der Waals surface area (Å²) in [4.78, 5) is 37.9. The van der Waals surface area contributed by atoms with E-state index in [1.165, 1.54) is 39.1 Å². The Bertz CT molecular complexity index is 905. The third kappa shape index (κ3) is 2.60. The van der Waals surface area contributed by atoms with Crippen LogP contribution in [-0.2, 0) is 19.9 Å². The minimum atomic E-state index is -0.282. The van der Waals surface area contributed by atoms with E-state index < -0.39 is 0 Å². The predicted molar refractivity (Wildman–Crippen MR) is 93.0 cm³/mol. The van der Waals surface area contributed by atoms with Gasteiger partial charge < -0.3 is 9.88 Å². The fourth-order valence-electron chi connectivity index (χ4n) is 3.21. The summed E-state index contributed by atoms with van der Waals surface area (Å²) in [6, 6.07) is 2.89. The molecular weight excluding hydrogens is 324 g/mol. The first kappa shape index (κ1) is 15.3. The third-order valence-corrected chi connectivity index (χ3v) is 5.90. The van der Waals surface area contributed by atoms with Crippen molar-refractivity contribution in [3.63, 3.8) is 0 Å². The number of fused-ring (bicyclic) bond motifs is 1. The Morgan fingerprint density at radius 3 is 2.75 bits per heavy atom. The lowest BCUT2D eigenvalue weighted by Gasteiger charge is -2.08. The highest BCUT2D eigenvalue weighted by Gasteiger charge is 2.36. The minimum Gasteiger partial charge on any atom is -0.318 e. The number of nitrogens with zero attached hydrogens (tertiary/aromatic N) is 1. The summed E-state index contributed by atoms with van der Waals surface area (Å²) in [5.74, 6) is 0.0398. The Hall–Kier alpha value is -2.21. The lowest BCUT2D eigenvalue weighted by Crippen LogP contribution is -2.20. The van der Waals surface area contributed by atoms with Gasteiger partial charge in [0.25, 0.3) is 5.91 Å². The van der Waals surface area contributed by atoms with E-state index in [2.05, 4.69) is 5.32 Å². The molecule has 1 N–H and O–H groups in total. The van der Waals surface area contributed by atoms with Crippen molar-refractivity contribution < 1.29 is 9.59 Å². The van der Waals surface area contributed by atoms with Gasteiger partial charge in [-0.25, -0.2) is 0 Å². The van der Waals surface area contributed by atoms with Crippen LogP contribution in [0.4, 0.5) is 5.00 Å². The van der Waals surface area contributed by atoms with Crippen molar-refractivity contribution in [2.24, 2.45) is 13.0 Å². The van der Waals surface area contributed by atoms with Crippen LogP contribution >= 0.6 is 11.3 Å². The highest BCUT2D eigenvalue weighted by atomic mass is 32.1. The molecule has 1 fully saturated rings. The summed E-state index contributed by atoms with van der Waals surface area (Å²) in [6.45, 7) is 0. The third-order valence-electron chi connectivity index (χ3n) is 4.69. The molecule has 0 radical (unpaired) electrons. The van der Waals surface area contributed by atoms with Crippen LogP contribution in [0.3, 0.4) is 0 Å². The number of aryl methyl sites for hydroxylation is 2. The van der Waals surface area contributed by atoms with E-state index in [-0.39, 0.29) is 23.2 Å². The van der Waals surface area contributed by atoms with E-state index in [9.17, 15) is 14.4 Å². The van der Waals surface area contributed by atoms with Crippen LogP contribution in [0.1, 0.15) is 50.4 Å². The maximum atomic E-state index is 12.7. The van der Waals surface area contributed by atoms with Crippen LogP contribution in [0.5, 0.6) is 0 Å². The Morgan fingerprint density at radius 2 is 2.04 bits per heavy atom. The number of carbonyl (C=O) groups is 2. The zero-order chi connectivity index (χ0) is 16.8. The number of anilines is 1. The molecule has 0 unspecified atom stereocenters. The number of aromatic nitrogens is 1. The number of rotatable bonds is 4. The first-order valence-electron chi connectivity index (χ1n) is 8.21. The van der Waals surface area contributed by atoms with Crippen LogP contribution in [-0.4, -0.2) is 16.3 Å². The Labute approximate surface area is 143 Å². The normalized spacial score (nSPS) is 16.0. The fraction of sp³-hybridized carbons (Fsp3) is 0.389. The van der Waals surface area contributed by atoms with Crippen molar-refractivity contribution in [1.29, 1.82) is 0 Å². The smallest absolute Gasteiger partial charge is 0.257 e. The van der Waals surface area contributed by atoms with Crippen LogP contribution in [0, 0.1) is 5.92 Å². The summed E-state index contributed by atoms with van der Waals surface area (Å²) in [5, 5.41) is 3.59. The summed E-state index contributed by atoms with van der Waals surface area (Å²) >= 11 is 1.53. The lowest BCUT2D eigenvalue weighted by molar-refractivity contribution is 0.0968. The number of hydrogen-bond donors (Lipinski definition) is 1. The van der Waals surface area contributed by atoms with Crippen molar-refractivity contribution in [3.05, 3.63) is 50.3 Å². The topological polar surface area (TPSA) is 68.2 Å². The van der Waals surface area contributed by atoms with E-state index in [0.29, 0.717) is 10.6 Å². The van der Waals surface area contributed by atoms with E-state index in [0.717, 1.165) is 43.2 Å². The molecule has 2 aliphatic carbocycles. The average Bonchev–Trinajstić information content (AvgIpc) is 3.22. The zero-order valence-corrected chi connectivity index (χ0v) is 14.2. The number of amides is 1. The molecule has 124 valence electrons. The SMILES string of the molecule is Cn1cc(C(=O)Nc2sc3c(c2C(=O)C2CC2)CCC3)ccc1=O. The summed E-state index contributed by atoms with van der Waals surface area (Å²) in [7, 11) is 1.61. The molecule has 1 amide bonds. The quantitative estimate of drug-likeness (QED) is 0.869. The highest BCUT2D eigenvalue weighted by Crippen LogP contribution is 2.43. The Morgan fingerprint density at radius 1 is 1.25 bits per heavy atom. The van der Waals surface area contributed by atoms with Gasteiger partial charge in [-0.1, -0.05) is 0 Å². The van der Waals surface area contributed by atoms with Crippen LogP contribution in [0.25, 0.3) is 0 Å². The summed E-state index contributed by atoms with van der Waals surface area (Å²) in [5.41, 5.74) is 2.14. The number of carbonyl (C=O) groups excluding carboxylic acids is 2. The first-order chi connectivity index (χ1) is 11.5. The lowest BCUT2D eigenvalue weighted by atomic mass is 10.0. The van der Waals surface area contributed by atoms with Crippen molar-refractivity contribution in [3.8, 4) is 0 Å². The number of hydrogen-bond acceptors (Lipinski definition) is 4. The molecule has 5 nitrogen and oxygen atoms in total. The average molecular weight is 342 g/mol. The number of pyridine rings is 1. The fourth-order valence-corrected chi connectivity index (χ4v) is 4.50. The molecule has 6 heteroatoms. The Kier molecular flexibility index (Phi) is 3.64. The molecule has 2 aromatic heterocycles. The van der Waals surface area contributed by atoms with Crippen molar-refractivity contribution >= 4 is 28.0 Å². The second kappa shape index (κ2) is 5.70. The molecular formula is C18H18N2O3S. The van der Waals surface area contributed by atoms with Gasteiger partial charge in [-0.3, -0.25) is 14.4 Å². The Balaban J connectivity index is 1.66. The standard InChI is InChI=1S/C18H18N2O3S/c1-20-9-11(7-8-14(20)21)17(23)19-18-15(16(22)10-5-6-10)12-3-2-4-13(12)24-18/h7-10H,2-6H2,1H3,(H,19,23). The van der Waals surface area contributed by atoms with Crippen LogP contribution in [0.2, 0.25) is 0 Å². The van der Waals surface area contributed by atoms with Gasteiger partial charge in [-0.2, -0.15) is 0 Å². The van der Waals surface area contributed by atoms with Gasteiger partial charge >= 0.3 is 0 Å². The number of Topliss-reactive ketones (excluding diaryl/α,β-unsaturated/α-hetero) is 1. The molecule has 2 aliphatic rings. The second-order valence-electron chi connectivity index (χ2n) is 6.52. The van der Waals surface area contributed by atoms with Crippen molar-refractivity contribution in [2.75, 3.05) is 5.32 Å². The van der Waals surface area contributed by atoms with Gasteiger partial charge in [0, 0.05) is 30.1 Å². The van der Waals surface area contributed by atoms with Gasteiger partial charge in [0.2, 0.25) is 5.56 Å². The maximum Gasteiger partial charge on any atom is 0.257 e. The van der Waals surface area contributed by atoms with E-state index in [4.69, 9.17) is 0 Å². The molecule has 4 rings (SSSR count). The van der Waals surface area contributed by atoms with E-state index in [1.807, 2.05) is 0 Å². The second-order valence-corrected chi connectivity index (χ2v) is 7.63. The highest BCUT2D eigenvalue weighted by molar-refractivity contribution is 7.17. The zero-order valence-electron chi connectivity index (χ0n) is 13.4. The minimum absolute atomic E-state index is 0.137. The maximum absolute atomic E-state index is 12.7. The van der Waals surface area contributed by atoms with Gasteiger partial charge in [0.05, 0.1) is 11.1 Å². The summed E-state index contributed by atoms with van der Waals surface area (Å²) < 4.78 is 1.37. The molecule has 1 saturated carbocycles. The van der Waals surface area contributed by atoms with Crippen molar-refractivity contribution in [2.45, 2.75) is 32.1 Å². The molecule has 2 heterocycles.